The van der Waals surface area contributed by atoms with Crippen molar-refractivity contribution in [2.24, 2.45) is 5.41 Å². The summed E-state index contributed by atoms with van der Waals surface area (Å²) in [5.41, 5.74) is 1.98. The average molecular weight is 534 g/mol. The fraction of sp³-hybridized carbons (Fsp3) is 0.500. The van der Waals surface area contributed by atoms with Crippen molar-refractivity contribution in [2.45, 2.75) is 72.1 Å². The Hall–Kier alpha value is -3.05. The van der Waals surface area contributed by atoms with E-state index in [9.17, 15) is 23.5 Å². The van der Waals surface area contributed by atoms with Gasteiger partial charge in [0, 0.05) is 25.2 Å². The average Bonchev–Trinajstić information content (AvgIpc) is 3.57. The van der Waals surface area contributed by atoms with Gasteiger partial charge in [-0.25, -0.2) is 18.6 Å². The van der Waals surface area contributed by atoms with Crippen molar-refractivity contribution in [3.05, 3.63) is 45.6 Å². The predicted molar refractivity (Wildman–Crippen MR) is 140 cm³/mol. The lowest BCUT2D eigenvalue weighted by atomic mass is 9.87. The van der Waals surface area contributed by atoms with Crippen molar-refractivity contribution in [1.29, 1.82) is 0 Å². The van der Waals surface area contributed by atoms with E-state index in [0.29, 0.717) is 18.0 Å². The number of nitrogens with zero attached hydrogens (tertiary/aromatic N) is 3. The lowest BCUT2D eigenvalue weighted by molar-refractivity contribution is 0.0858. The summed E-state index contributed by atoms with van der Waals surface area (Å²) in [7, 11) is 0. The minimum atomic E-state index is -2.63. The first kappa shape index (κ1) is 27.0. The number of amides is 2. The Morgan fingerprint density at radius 3 is 2.65 bits per heavy atom. The summed E-state index contributed by atoms with van der Waals surface area (Å²) in [4.78, 5) is 31.0. The number of hydrogen-bond acceptors (Lipinski definition) is 5. The highest BCUT2D eigenvalue weighted by Gasteiger charge is 2.30. The van der Waals surface area contributed by atoms with E-state index in [1.807, 2.05) is 50.5 Å². The fourth-order valence-electron chi connectivity index (χ4n) is 4.48. The molecule has 0 radical (unpaired) electrons. The van der Waals surface area contributed by atoms with Crippen molar-refractivity contribution in [2.75, 3.05) is 11.9 Å². The zero-order chi connectivity index (χ0) is 26.9. The van der Waals surface area contributed by atoms with Crippen molar-refractivity contribution in [1.82, 2.24) is 19.8 Å². The Kier molecular flexibility index (Phi) is 7.84. The first-order valence-corrected chi connectivity index (χ1v) is 13.2. The molecular formula is C26H33F2N5O3S. The number of fused-ring (bicyclic) bond motifs is 1. The van der Waals surface area contributed by atoms with Gasteiger partial charge in [-0.2, -0.15) is 0 Å². The van der Waals surface area contributed by atoms with Crippen molar-refractivity contribution in [3.8, 4) is 0 Å². The summed E-state index contributed by atoms with van der Waals surface area (Å²) in [6.45, 7) is 9.61. The fourth-order valence-corrected chi connectivity index (χ4v) is 5.24. The molecule has 3 aromatic rings. The monoisotopic (exact) mass is 533 g/mol. The van der Waals surface area contributed by atoms with Crippen LogP contribution in [0.15, 0.2) is 30.3 Å². The largest absolute Gasteiger partial charge is 0.465 e. The van der Waals surface area contributed by atoms with Crippen LogP contribution in [0.5, 0.6) is 0 Å². The number of carboxylic acid groups (broad SMARTS) is 1. The van der Waals surface area contributed by atoms with E-state index >= 15 is 0 Å². The van der Waals surface area contributed by atoms with E-state index in [1.165, 1.54) is 17.0 Å². The molecule has 0 aliphatic carbocycles. The number of thiophene rings is 1. The molecule has 11 heteroatoms. The summed E-state index contributed by atoms with van der Waals surface area (Å²) in [5, 5.41) is 16.1. The number of halogens is 2. The zero-order valence-electron chi connectivity index (χ0n) is 21.4. The molecule has 2 amide bonds. The van der Waals surface area contributed by atoms with Gasteiger partial charge in [0.25, 0.3) is 12.3 Å². The summed E-state index contributed by atoms with van der Waals surface area (Å²) in [6.07, 6.45) is -1.57. The van der Waals surface area contributed by atoms with Gasteiger partial charge in [0.15, 0.2) is 0 Å². The van der Waals surface area contributed by atoms with Gasteiger partial charge in [-0.05, 0) is 61.6 Å². The van der Waals surface area contributed by atoms with Gasteiger partial charge in [0.1, 0.15) is 0 Å². The number of hydrogen-bond donors (Lipinski definition) is 3. The van der Waals surface area contributed by atoms with Crippen LogP contribution in [-0.2, 0) is 13.1 Å². The summed E-state index contributed by atoms with van der Waals surface area (Å²) >= 11 is 0.758. The third-order valence-corrected chi connectivity index (χ3v) is 8.08. The number of imidazole rings is 1. The van der Waals surface area contributed by atoms with Crippen molar-refractivity contribution < 1.29 is 23.5 Å². The maximum Gasteiger partial charge on any atom is 0.407 e. The van der Waals surface area contributed by atoms with Crippen LogP contribution in [0.1, 0.15) is 67.1 Å². The molecule has 3 heterocycles. The van der Waals surface area contributed by atoms with E-state index in [4.69, 9.17) is 0 Å². The third kappa shape index (κ3) is 6.10. The minimum absolute atomic E-state index is 0.161. The lowest BCUT2D eigenvalue weighted by Crippen LogP contribution is -2.44. The Bertz CT molecular complexity index is 1280. The molecule has 1 aliphatic heterocycles. The molecule has 1 aliphatic rings. The van der Waals surface area contributed by atoms with Crippen LogP contribution >= 0.6 is 11.3 Å². The van der Waals surface area contributed by atoms with Gasteiger partial charge in [0.05, 0.1) is 20.8 Å². The Labute approximate surface area is 218 Å². The van der Waals surface area contributed by atoms with Crippen LogP contribution in [0.25, 0.3) is 11.0 Å². The van der Waals surface area contributed by atoms with Gasteiger partial charge in [-0.1, -0.05) is 26.8 Å². The Balaban J connectivity index is 1.65. The molecule has 1 saturated heterocycles. The van der Waals surface area contributed by atoms with Gasteiger partial charge in [-0.3, -0.25) is 10.1 Å². The first-order chi connectivity index (χ1) is 17.4. The highest BCUT2D eigenvalue weighted by molar-refractivity contribution is 7.14. The predicted octanol–water partition coefficient (Wildman–Crippen LogP) is 5.95. The van der Waals surface area contributed by atoms with Crippen molar-refractivity contribution >= 4 is 40.3 Å². The molecular weight excluding hydrogens is 500 g/mol. The number of carbonyl (C=O) groups excluding carboxylic acids is 1. The molecule has 0 spiro atoms. The molecule has 8 nitrogen and oxygen atoms in total. The number of alkyl halides is 2. The second-order valence-electron chi connectivity index (χ2n) is 10.6. The van der Waals surface area contributed by atoms with Gasteiger partial charge in [-0.15, -0.1) is 11.3 Å². The number of benzene rings is 1. The molecule has 1 unspecified atom stereocenters. The van der Waals surface area contributed by atoms with E-state index in [1.54, 1.807) is 0 Å². The molecule has 37 heavy (non-hydrogen) atoms. The Morgan fingerprint density at radius 2 is 2.05 bits per heavy atom. The SMILES string of the molecule is C[C@H](N(Cc1ccc2c(c1)nc(NC(=O)c1ccc(C(F)F)s1)n2CC1CCCN1)C(=O)O)C(C)(C)C. The molecule has 0 saturated carbocycles. The lowest BCUT2D eigenvalue weighted by Gasteiger charge is -2.36. The molecule has 1 aromatic carbocycles. The maximum absolute atomic E-state index is 13.0. The maximum atomic E-state index is 13.0. The molecule has 2 aromatic heterocycles. The molecule has 2 atom stereocenters. The topological polar surface area (TPSA) is 99.5 Å². The van der Waals surface area contributed by atoms with Crippen LogP contribution < -0.4 is 10.6 Å². The van der Waals surface area contributed by atoms with Crippen LogP contribution in [0.2, 0.25) is 0 Å². The molecule has 200 valence electrons. The van der Waals surface area contributed by atoms with E-state index in [0.717, 1.165) is 41.8 Å². The summed E-state index contributed by atoms with van der Waals surface area (Å²) in [6, 6.07) is 8.27. The number of nitrogens with one attached hydrogen (secondary N) is 2. The second kappa shape index (κ2) is 10.7. The molecule has 3 N–H and O–H groups in total. The number of carbonyl (C=O) groups is 2. The number of aromatic nitrogens is 2. The third-order valence-electron chi connectivity index (χ3n) is 6.99. The van der Waals surface area contributed by atoms with E-state index in [2.05, 4.69) is 15.6 Å². The highest BCUT2D eigenvalue weighted by atomic mass is 32.1. The Morgan fingerprint density at radius 1 is 1.30 bits per heavy atom. The summed E-state index contributed by atoms with van der Waals surface area (Å²) in [5.74, 6) is -0.167. The zero-order valence-corrected chi connectivity index (χ0v) is 22.2. The number of anilines is 1. The van der Waals surface area contributed by atoms with E-state index in [-0.39, 0.29) is 33.8 Å². The van der Waals surface area contributed by atoms with Crippen LogP contribution in [0, 0.1) is 5.41 Å². The molecule has 0 bridgehead atoms. The van der Waals surface area contributed by atoms with Gasteiger partial charge in [0.2, 0.25) is 5.95 Å². The van der Waals surface area contributed by atoms with Crippen LogP contribution in [0.3, 0.4) is 0 Å². The van der Waals surface area contributed by atoms with Crippen LogP contribution in [0.4, 0.5) is 19.5 Å². The first-order valence-electron chi connectivity index (χ1n) is 12.4. The normalized spacial score (nSPS) is 16.9. The van der Waals surface area contributed by atoms with Gasteiger partial charge >= 0.3 is 6.09 Å². The standard InChI is InChI=1S/C26H33F2N5O3S/c1-15(26(2,3)4)32(25(35)36)13-16-7-8-19-18(12-16)30-24(33(19)14-17-6-5-11-29-17)31-23(34)21-10-9-20(37-21)22(27)28/h7-10,12,15,17,22,29H,5-6,11,13-14H2,1-4H3,(H,35,36)(H,30,31,34)/t15-,17?/m0/s1. The van der Waals surface area contributed by atoms with Crippen molar-refractivity contribution in [3.63, 3.8) is 0 Å². The highest BCUT2D eigenvalue weighted by Crippen LogP contribution is 2.30. The summed E-state index contributed by atoms with van der Waals surface area (Å²) < 4.78 is 27.9. The smallest absolute Gasteiger partial charge is 0.407 e. The molecule has 1 fully saturated rings. The number of rotatable bonds is 8. The van der Waals surface area contributed by atoms with Gasteiger partial charge < -0.3 is 19.9 Å². The van der Waals surface area contributed by atoms with E-state index < -0.39 is 18.4 Å². The quantitative estimate of drug-likeness (QED) is 0.332. The van der Waals surface area contributed by atoms with Crippen LogP contribution in [-0.4, -0.2) is 50.2 Å². The minimum Gasteiger partial charge on any atom is -0.465 e. The second-order valence-corrected chi connectivity index (χ2v) is 11.7. The molecule has 4 rings (SSSR count).